The molecule has 0 saturated carbocycles. The number of fused-ring (bicyclic) bond motifs is 2. The molecule has 1 aliphatic heterocycles. The third kappa shape index (κ3) is 4.34. The van der Waals surface area contributed by atoms with E-state index in [4.69, 9.17) is 0 Å². The maximum Gasteiger partial charge on any atom is 0.412 e. The molecule has 0 aliphatic carbocycles. The molecular weight excluding hydrogens is 494 g/mol. The van der Waals surface area contributed by atoms with E-state index in [0.29, 0.717) is 19.2 Å². The van der Waals surface area contributed by atoms with Crippen LogP contribution < -0.4 is 15.8 Å². The minimum absolute atomic E-state index is 0.120. The molecule has 37 heavy (non-hydrogen) atoms. The van der Waals surface area contributed by atoms with Gasteiger partial charge in [0, 0.05) is 31.9 Å². The molecule has 8 nitrogen and oxygen atoms in total. The predicted molar refractivity (Wildman–Crippen MR) is 127 cm³/mol. The second-order valence-corrected chi connectivity index (χ2v) is 8.62. The summed E-state index contributed by atoms with van der Waals surface area (Å²) in [5.41, 5.74) is -0.798. The van der Waals surface area contributed by atoms with Gasteiger partial charge in [-0.15, -0.1) is 0 Å². The van der Waals surface area contributed by atoms with E-state index in [2.05, 4.69) is 15.3 Å². The van der Waals surface area contributed by atoms with Gasteiger partial charge in [-0.1, -0.05) is 24.3 Å². The standard InChI is InChI=1S/C25H19F4N5O3/c1-33-22(35)17-10-15(26)9-16(19(17)32-24(33)34-11-13-5-2-3-6-14(13)12-34)21(25(27,28)29)31-18-7-4-8-30-20(18)23(36)37/h2-10,21,31H,11-12H2,1H3,(H,36,37). The molecule has 2 aromatic carbocycles. The number of pyridine rings is 1. The lowest BCUT2D eigenvalue weighted by Gasteiger charge is -2.26. The lowest BCUT2D eigenvalue weighted by atomic mass is 10.0. The minimum atomic E-state index is -5.01. The van der Waals surface area contributed by atoms with E-state index in [1.165, 1.54) is 17.7 Å². The number of benzene rings is 2. The Kier molecular flexibility index (Phi) is 5.81. The van der Waals surface area contributed by atoms with E-state index in [1.807, 2.05) is 24.3 Å². The first-order chi connectivity index (χ1) is 17.5. The van der Waals surface area contributed by atoms with Crippen LogP contribution in [0.2, 0.25) is 0 Å². The monoisotopic (exact) mass is 513 g/mol. The van der Waals surface area contributed by atoms with Crippen molar-refractivity contribution >= 4 is 28.5 Å². The third-order valence-corrected chi connectivity index (χ3v) is 6.22. The van der Waals surface area contributed by atoms with Crippen LogP contribution in [0.15, 0.2) is 59.5 Å². The highest BCUT2D eigenvalue weighted by atomic mass is 19.4. The van der Waals surface area contributed by atoms with Crippen LogP contribution in [-0.2, 0) is 20.1 Å². The van der Waals surface area contributed by atoms with Crippen LogP contribution in [-0.4, -0.2) is 31.8 Å². The molecule has 190 valence electrons. The summed E-state index contributed by atoms with van der Waals surface area (Å²) in [4.78, 5) is 34.5. The van der Waals surface area contributed by atoms with Gasteiger partial charge >= 0.3 is 12.1 Å². The first-order valence-electron chi connectivity index (χ1n) is 11.1. The SMILES string of the molecule is Cn1c(N2Cc3ccccc3C2)nc2c(C(Nc3cccnc3C(=O)O)C(F)(F)F)cc(F)cc2c1=O. The molecule has 0 fully saturated rings. The van der Waals surface area contributed by atoms with Crippen LogP contribution >= 0.6 is 0 Å². The Balaban J connectivity index is 1.69. The molecule has 12 heteroatoms. The average Bonchev–Trinajstić information content (AvgIpc) is 3.28. The smallest absolute Gasteiger partial charge is 0.412 e. The fraction of sp³-hybridized carbons (Fsp3) is 0.200. The summed E-state index contributed by atoms with van der Waals surface area (Å²) < 4.78 is 58.9. The van der Waals surface area contributed by atoms with Gasteiger partial charge in [0.25, 0.3) is 5.56 Å². The van der Waals surface area contributed by atoms with Crippen LogP contribution in [0.5, 0.6) is 0 Å². The number of anilines is 2. The first kappa shape index (κ1) is 24.2. The highest BCUT2D eigenvalue weighted by Crippen LogP contribution is 2.39. The summed E-state index contributed by atoms with van der Waals surface area (Å²) >= 11 is 0. The number of aromatic nitrogens is 3. The predicted octanol–water partition coefficient (Wildman–Crippen LogP) is 4.40. The molecule has 1 atom stereocenters. The largest absolute Gasteiger partial charge is 0.476 e. The van der Waals surface area contributed by atoms with Crippen LogP contribution in [0, 0.1) is 5.82 Å². The number of aromatic carboxylic acids is 1. The quantitative estimate of drug-likeness (QED) is 0.382. The molecule has 0 saturated heterocycles. The topological polar surface area (TPSA) is 100 Å². The van der Waals surface area contributed by atoms with Crippen molar-refractivity contribution in [3.63, 3.8) is 0 Å². The fourth-order valence-electron chi connectivity index (χ4n) is 4.52. The number of carbonyl (C=O) groups is 1. The van der Waals surface area contributed by atoms with Gasteiger partial charge in [0.1, 0.15) is 5.82 Å². The van der Waals surface area contributed by atoms with E-state index in [0.717, 1.165) is 29.5 Å². The zero-order valence-electron chi connectivity index (χ0n) is 19.3. The molecule has 0 amide bonds. The Bertz CT molecular complexity index is 1580. The Morgan fingerprint density at radius 1 is 1.11 bits per heavy atom. The van der Waals surface area contributed by atoms with E-state index >= 15 is 0 Å². The highest BCUT2D eigenvalue weighted by Gasteiger charge is 2.43. The molecule has 0 radical (unpaired) electrons. The summed E-state index contributed by atoms with van der Waals surface area (Å²) in [5.74, 6) is -2.49. The van der Waals surface area contributed by atoms with Crippen molar-refractivity contribution in [2.24, 2.45) is 7.05 Å². The third-order valence-electron chi connectivity index (χ3n) is 6.22. The zero-order valence-corrected chi connectivity index (χ0v) is 19.3. The lowest BCUT2D eigenvalue weighted by Crippen LogP contribution is -2.31. The van der Waals surface area contributed by atoms with Gasteiger partial charge in [0.05, 0.1) is 16.6 Å². The van der Waals surface area contributed by atoms with Gasteiger partial charge in [0.15, 0.2) is 11.7 Å². The second-order valence-electron chi connectivity index (χ2n) is 8.62. The number of carboxylic acid groups (broad SMARTS) is 1. The molecule has 4 aromatic rings. The number of nitrogens with zero attached hydrogens (tertiary/aromatic N) is 4. The van der Waals surface area contributed by atoms with Gasteiger partial charge in [-0.05, 0) is 35.4 Å². The van der Waals surface area contributed by atoms with Crippen LogP contribution in [0.3, 0.4) is 0 Å². The normalized spacial score (nSPS) is 14.0. The van der Waals surface area contributed by atoms with Gasteiger partial charge in [-0.3, -0.25) is 9.36 Å². The van der Waals surface area contributed by atoms with Crippen molar-refractivity contribution in [2.45, 2.75) is 25.3 Å². The number of nitrogens with one attached hydrogen (secondary N) is 1. The molecule has 1 unspecified atom stereocenters. The van der Waals surface area contributed by atoms with E-state index in [9.17, 15) is 32.3 Å². The number of alkyl halides is 3. The molecule has 0 bridgehead atoms. The van der Waals surface area contributed by atoms with E-state index in [1.54, 1.807) is 4.90 Å². The van der Waals surface area contributed by atoms with Crippen molar-refractivity contribution in [2.75, 3.05) is 10.2 Å². The average molecular weight is 513 g/mol. The number of hydrogen-bond donors (Lipinski definition) is 2. The Morgan fingerprint density at radius 3 is 2.41 bits per heavy atom. The molecule has 5 rings (SSSR count). The molecule has 2 N–H and O–H groups in total. The minimum Gasteiger partial charge on any atom is -0.476 e. The van der Waals surface area contributed by atoms with E-state index < -0.39 is 46.5 Å². The molecule has 0 spiro atoms. The first-order valence-corrected chi connectivity index (χ1v) is 11.1. The number of carboxylic acids is 1. The van der Waals surface area contributed by atoms with Crippen molar-refractivity contribution in [3.8, 4) is 0 Å². The zero-order chi connectivity index (χ0) is 26.5. The van der Waals surface area contributed by atoms with Crippen molar-refractivity contribution in [3.05, 3.63) is 93.3 Å². The lowest BCUT2D eigenvalue weighted by molar-refractivity contribution is -0.143. The Morgan fingerprint density at radius 2 is 1.78 bits per heavy atom. The number of hydrogen-bond acceptors (Lipinski definition) is 6. The summed E-state index contributed by atoms with van der Waals surface area (Å²) in [5, 5.41) is 11.2. The summed E-state index contributed by atoms with van der Waals surface area (Å²) in [6.07, 6.45) is -3.89. The van der Waals surface area contributed by atoms with Crippen molar-refractivity contribution in [1.29, 1.82) is 0 Å². The maximum atomic E-state index is 14.6. The summed E-state index contributed by atoms with van der Waals surface area (Å²) in [6, 6.07) is 8.84. The number of rotatable bonds is 5. The maximum absolute atomic E-state index is 14.6. The molecular formula is C25H19F4N5O3. The molecule has 2 aromatic heterocycles. The van der Waals surface area contributed by atoms with Crippen LogP contribution in [0.1, 0.15) is 33.2 Å². The van der Waals surface area contributed by atoms with Gasteiger partial charge in [-0.25, -0.2) is 19.2 Å². The van der Waals surface area contributed by atoms with Crippen LogP contribution in [0.4, 0.5) is 29.2 Å². The van der Waals surface area contributed by atoms with Crippen LogP contribution in [0.25, 0.3) is 10.9 Å². The Hall–Kier alpha value is -4.48. The fourth-order valence-corrected chi connectivity index (χ4v) is 4.52. The molecule has 1 aliphatic rings. The van der Waals surface area contributed by atoms with Gasteiger partial charge in [-0.2, -0.15) is 13.2 Å². The van der Waals surface area contributed by atoms with E-state index in [-0.39, 0.29) is 16.9 Å². The number of halogens is 4. The summed E-state index contributed by atoms with van der Waals surface area (Å²) in [7, 11) is 1.42. The Labute approximate surface area is 206 Å². The molecule has 3 heterocycles. The highest BCUT2D eigenvalue weighted by molar-refractivity contribution is 5.92. The summed E-state index contributed by atoms with van der Waals surface area (Å²) in [6.45, 7) is 0.772. The van der Waals surface area contributed by atoms with Crippen molar-refractivity contribution < 1.29 is 27.5 Å². The van der Waals surface area contributed by atoms with Crippen molar-refractivity contribution in [1.82, 2.24) is 14.5 Å². The van der Waals surface area contributed by atoms with Gasteiger partial charge in [0.2, 0.25) is 5.95 Å². The second kappa shape index (κ2) is 8.87. The van der Waals surface area contributed by atoms with Gasteiger partial charge < -0.3 is 15.3 Å².